The van der Waals surface area contributed by atoms with E-state index in [0.717, 1.165) is 10.9 Å². The van der Waals surface area contributed by atoms with Gasteiger partial charge in [-0.1, -0.05) is 6.07 Å². The minimum Gasteiger partial charge on any atom is -0.384 e. The van der Waals surface area contributed by atoms with Gasteiger partial charge in [-0.2, -0.15) is 0 Å². The Balaban J connectivity index is 1.57. The third-order valence-electron chi connectivity index (χ3n) is 5.52. The zero-order valence-corrected chi connectivity index (χ0v) is 14.8. The van der Waals surface area contributed by atoms with Crippen molar-refractivity contribution >= 4 is 26.6 Å². The first-order valence-electron chi connectivity index (χ1n) is 8.32. The summed E-state index contributed by atoms with van der Waals surface area (Å²) >= 11 is 0. The Morgan fingerprint density at radius 3 is 2.92 bits per heavy atom. The van der Waals surface area contributed by atoms with Gasteiger partial charge in [0.1, 0.15) is 4.75 Å². The zero-order valence-electron chi connectivity index (χ0n) is 14.0. The largest absolute Gasteiger partial charge is 0.384 e. The number of amides is 1. The van der Waals surface area contributed by atoms with Crippen LogP contribution in [0.25, 0.3) is 10.9 Å². The van der Waals surface area contributed by atoms with Crippen molar-refractivity contribution in [3.63, 3.8) is 0 Å². The summed E-state index contributed by atoms with van der Waals surface area (Å²) in [7, 11) is -1.60. The lowest BCUT2D eigenvalue weighted by molar-refractivity contribution is 0.0337. The lowest BCUT2D eigenvalue weighted by Crippen LogP contribution is -2.68. The Bertz CT molecular complexity index is 935. The van der Waals surface area contributed by atoms with Crippen LogP contribution in [0, 0.1) is 5.92 Å². The number of hydrogen-bond acceptors (Lipinski definition) is 5. The summed E-state index contributed by atoms with van der Waals surface area (Å²) < 4.78 is 29.4. The number of fused-ring (bicyclic) bond motifs is 1. The average molecular weight is 360 g/mol. The van der Waals surface area contributed by atoms with Crippen molar-refractivity contribution in [1.82, 2.24) is 9.88 Å². The average Bonchev–Trinajstić information content (AvgIpc) is 2.83. The highest BCUT2D eigenvalue weighted by atomic mass is 32.2. The molecule has 4 rings (SSSR count). The van der Waals surface area contributed by atoms with E-state index in [1.165, 1.54) is 0 Å². The molecule has 1 aromatic carbocycles. The van der Waals surface area contributed by atoms with E-state index in [1.807, 2.05) is 24.3 Å². The summed E-state index contributed by atoms with van der Waals surface area (Å²) in [6.07, 6.45) is 2.32. The van der Waals surface area contributed by atoms with Gasteiger partial charge in [-0.25, -0.2) is 8.42 Å². The molecule has 0 bridgehead atoms. The standard InChI is InChI=1S/C18H20N2O4S/c1-24-10-15-6-8-25(22,23)18(15)11-20(12-18)17(21)14-4-5-16-13(9-14)3-2-7-19-16/h2-5,7,9,15H,6,8,10-12H2,1H3/t15-/m1/s1. The maximum Gasteiger partial charge on any atom is 0.253 e. The molecule has 1 atom stereocenters. The van der Waals surface area contributed by atoms with Crippen LogP contribution in [0.5, 0.6) is 0 Å². The smallest absolute Gasteiger partial charge is 0.253 e. The molecule has 6 nitrogen and oxygen atoms in total. The molecule has 2 aliphatic heterocycles. The number of aromatic nitrogens is 1. The van der Waals surface area contributed by atoms with Crippen LogP contribution in [0.4, 0.5) is 0 Å². The van der Waals surface area contributed by atoms with E-state index in [9.17, 15) is 13.2 Å². The number of benzene rings is 1. The molecule has 1 amide bonds. The van der Waals surface area contributed by atoms with Crippen LogP contribution in [0.15, 0.2) is 36.5 Å². The minimum absolute atomic E-state index is 0.0349. The summed E-state index contributed by atoms with van der Waals surface area (Å²) in [6, 6.07) is 9.12. The fourth-order valence-electron chi connectivity index (χ4n) is 4.04. The highest BCUT2D eigenvalue weighted by Gasteiger charge is 2.62. The third kappa shape index (κ3) is 2.45. The second kappa shape index (κ2) is 5.78. The number of carbonyl (C=O) groups is 1. The first-order valence-corrected chi connectivity index (χ1v) is 9.97. The van der Waals surface area contributed by atoms with Crippen molar-refractivity contribution < 1.29 is 17.9 Å². The van der Waals surface area contributed by atoms with Crippen LogP contribution >= 0.6 is 0 Å². The molecule has 2 aliphatic rings. The number of carbonyl (C=O) groups excluding carboxylic acids is 1. The Morgan fingerprint density at radius 2 is 2.16 bits per heavy atom. The second-order valence-electron chi connectivity index (χ2n) is 6.90. The molecule has 2 aromatic rings. The summed E-state index contributed by atoms with van der Waals surface area (Å²) in [4.78, 5) is 18.6. The summed E-state index contributed by atoms with van der Waals surface area (Å²) in [5.74, 6) is 0.0204. The molecule has 0 N–H and O–H groups in total. The molecule has 0 radical (unpaired) electrons. The first kappa shape index (κ1) is 16.5. The lowest BCUT2D eigenvalue weighted by Gasteiger charge is -2.49. The molecule has 1 aromatic heterocycles. The fraction of sp³-hybridized carbons (Fsp3) is 0.444. The molecule has 0 aliphatic carbocycles. The van der Waals surface area contributed by atoms with E-state index in [-0.39, 0.29) is 30.7 Å². The molecule has 2 saturated heterocycles. The second-order valence-corrected chi connectivity index (χ2v) is 9.35. The molecular weight excluding hydrogens is 340 g/mol. The minimum atomic E-state index is -3.19. The Kier molecular flexibility index (Phi) is 3.81. The van der Waals surface area contributed by atoms with E-state index in [1.54, 1.807) is 24.3 Å². The highest BCUT2D eigenvalue weighted by Crippen LogP contribution is 2.45. The lowest BCUT2D eigenvalue weighted by atomic mass is 9.83. The van der Waals surface area contributed by atoms with Crippen molar-refractivity contribution in [2.75, 3.05) is 32.6 Å². The van der Waals surface area contributed by atoms with Crippen LogP contribution in [0.2, 0.25) is 0 Å². The number of sulfone groups is 1. The van der Waals surface area contributed by atoms with E-state index in [4.69, 9.17) is 4.74 Å². The summed E-state index contributed by atoms with van der Waals surface area (Å²) in [5, 5.41) is 0.898. The summed E-state index contributed by atoms with van der Waals surface area (Å²) in [5.41, 5.74) is 1.40. The Hall–Kier alpha value is -1.99. The first-order chi connectivity index (χ1) is 12.0. The topological polar surface area (TPSA) is 76.6 Å². The van der Waals surface area contributed by atoms with Gasteiger partial charge in [0.05, 0.1) is 17.9 Å². The van der Waals surface area contributed by atoms with Crippen LogP contribution in [-0.4, -0.2) is 61.5 Å². The predicted molar refractivity (Wildman–Crippen MR) is 94.1 cm³/mol. The number of ether oxygens (including phenoxy) is 1. The van der Waals surface area contributed by atoms with Gasteiger partial charge in [-0.15, -0.1) is 0 Å². The van der Waals surface area contributed by atoms with Crippen molar-refractivity contribution in [2.45, 2.75) is 11.2 Å². The molecule has 132 valence electrons. The van der Waals surface area contributed by atoms with E-state index >= 15 is 0 Å². The van der Waals surface area contributed by atoms with Gasteiger partial charge in [0, 0.05) is 43.3 Å². The number of hydrogen-bond donors (Lipinski definition) is 0. The number of rotatable bonds is 3. The van der Waals surface area contributed by atoms with Gasteiger partial charge in [0.25, 0.3) is 5.91 Å². The Morgan fingerprint density at radius 1 is 1.36 bits per heavy atom. The van der Waals surface area contributed by atoms with Gasteiger partial charge in [0.15, 0.2) is 9.84 Å². The maximum absolute atomic E-state index is 12.8. The van der Waals surface area contributed by atoms with Crippen molar-refractivity contribution in [3.8, 4) is 0 Å². The van der Waals surface area contributed by atoms with Crippen LogP contribution in [-0.2, 0) is 14.6 Å². The number of likely N-dealkylation sites (tertiary alicyclic amines) is 1. The monoisotopic (exact) mass is 360 g/mol. The van der Waals surface area contributed by atoms with Crippen LogP contribution in [0.1, 0.15) is 16.8 Å². The van der Waals surface area contributed by atoms with Crippen LogP contribution < -0.4 is 0 Å². The highest BCUT2D eigenvalue weighted by molar-refractivity contribution is 7.93. The van der Waals surface area contributed by atoms with E-state index in [2.05, 4.69) is 4.98 Å². The molecule has 2 fully saturated rings. The van der Waals surface area contributed by atoms with Gasteiger partial charge in [-0.05, 0) is 30.7 Å². The van der Waals surface area contributed by atoms with Crippen LogP contribution in [0.3, 0.4) is 0 Å². The summed E-state index contributed by atoms with van der Waals surface area (Å²) in [6.45, 7) is 0.934. The van der Waals surface area contributed by atoms with Gasteiger partial charge in [0.2, 0.25) is 0 Å². The van der Waals surface area contributed by atoms with E-state index < -0.39 is 14.6 Å². The SMILES string of the molecule is COC[C@H]1CCS(=O)(=O)C12CN(C(=O)c1ccc3ncccc3c1)C2. The fourth-order valence-corrected chi connectivity index (χ4v) is 6.44. The van der Waals surface area contributed by atoms with Crippen molar-refractivity contribution in [2.24, 2.45) is 5.92 Å². The van der Waals surface area contributed by atoms with Gasteiger partial charge >= 0.3 is 0 Å². The Labute approximate surface area is 146 Å². The molecule has 3 heterocycles. The molecular formula is C18H20N2O4S. The van der Waals surface area contributed by atoms with Crippen molar-refractivity contribution in [1.29, 1.82) is 0 Å². The number of pyridine rings is 1. The quantitative estimate of drug-likeness (QED) is 0.829. The molecule has 7 heteroatoms. The zero-order chi connectivity index (χ0) is 17.7. The van der Waals surface area contributed by atoms with Gasteiger partial charge < -0.3 is 9.64 Å². The van der Waals surface area contributed by atoms with E-state index in [0.29, 0.717) is 18.6 Å². The molecule has 0 unspecified atom stereocenters. The number of nitrogens with zero attached hydrogens (tertiary/aromatic N) is 2. The third-order valence-corrected chi connectivity index (χ3v) is 8.12. The normalized spacial score (nSPS) is 23.7. The molecule has 25 heavy (non-hydrogen) atoms. The van der Waals surface area contributed by atoms with Crippen molar-refractivity contribution in [3.05, 3.63) is 42.1 Å². The maximum atomic E-state index is 12.8. The number of methoxy groups -OCH3 is 1. The predicted octanol–water partition coefficient (Wildman–Crippen LogP) is 1.51. The molecule has 1 spiro atoms. The van der Waals surface area contributed by atoms with Gasteiger partial charge in [-0.3, -0.25) is 9.78 Å². The molecule has 0 saturated carbocycles.